The highest BCUT2D eigenvalue weighted by atomic mass is 32.2. The van der Waals surface area contributed by atoms with Crippen molar-refractivity contribution >= 4 is 23.6 Å². The van der Waals surface area contributed by atoms with Crippen LogP contribution in [-0.4, -0.2) is 17.0 Å². The summed E-state index contributed by atoms with van der Waals surface area (Å²) < 4.78 is 5.69. The van der Waals surface area contributed by atoms with E-state index in [4.69, 9.17) is 4.74 Å². The third-order valence-corrected chi connectivity index (χ3v) is 3.26. The number of carbonyl (C=O) groups excluding carboxylic acids is 1. The zero-order valence-electron chi connectivity index (χ0n) is 11.4. The topological polar surface area (TPSA) is 39.2 Å². The van der Waals surface area contributed by atoms with Crippen molar-refractivity contribution in [1.29, 1.82) is 0 Å². The first kappa shape index (κ1) is 14.3. The Morgan fingerprint density at radius 3 is 2.60 bits per heavy atom. The molecule has 20 heavy (non-hydrogen) atoms. The normalized spacial score (nSPS) is 10.7. The second-order valence-corrected chi connectivity index (χ2v) is 5.00. The van der Waals surface area contributed by atoms with Crippen LogP contribution in [-0.2, 0) is 4.79 Å². The molecule has 0 bridgehead atoms. The quantitative estimate of drug-likeness (QED) is 0.609. The van der Waals surface area contributed by atoms with Gasteiger partial charge in [0.05, 0.1) is 5.69 Å². The van der Waals surface area contributed by atoms with E-state index < -0.39 is 0 Å². The molecule has 0 atom stereocenters. The standard InChI is InChI=1S/C16H15NO2S/c1-12(18)6-7-13-4-3-5-16(17-13)19-14-8-10-15(20-2)11-9-14/h3-11H,1-2H3/b7-6+. The van der Waals surface area contributed by atoms with Crippen molar-refractivity contribution in [2.24, 2.45) is 0 Å². The van der Waals surface area contributed by atoms with Crippen molar-refractivity contribution in [3.63, 3.8) is 0 Å². The Morgan fingerprint density at radius 1 is 1.20 bits per heavy atom. The average molecular weight is 285 g/mol. The number of hydrogen-bond donors (Lipinski definition) is 0. The van der Waals surface area contributed by atoms with Gasteiger partial charge >= 0.3 is 0 Å². The lowest BCUT2D eigenvalue weighted by Crippen LogP contribution is -1.90. The van der Waals surface area contributed by atoms with Crippen LogP contribution in [0.15, 0.2) is 53.4 Å². The van der Waals surface area contributed by atoms with Gasteiger partial charge in [-0.1, -0.05) is 6.07 Å². The Morgan fingerprint density at radius 2 is 1.95 bits per heavy atom. The number of ether oxygens (including phenoxy) is 1. The molecule has 102 valence electrons. The first-order valence-electron chi connectivity index (χ1n) is 6.15. The Labute approximate surface area is 122 Å². The van der Waals surface area contributed by atoms with Crippen molar-refractivity contribution in [3.05, 3.63) is 54.2 Å². The summed E-state index contributed by atoms with van der Waals surface area (Å²) in [6.45, 7) is 1.50. The summed E-state index contributed by atoms with van der Waals surface area (Å²) in [6.07, 6.45) is 5.19. The van der Waals surface area contributed by atoms with Crippen LogP contribution in [0.1, 0.15) is 12.6 Å². The molecule has 0 aliphatic carbocycles. The van der Waals surface area contributed by atoms with Crippen molar-refractivity contribution in [1.82, 2.24) is 4.98 Å². The van der Waals surface area contributed by atoms with Gasteiger partial charge < -0.3 is 4.74 Å². The molecule has 2 rings (SSSR count). The van der Waals surface area contributed by atoms with Crippen LogP contribution in [0.4, 0.5) is 0 Å². The monoisotopic (exact) mass is 285 g/mol. The number of benzene rings is 1. The van der Waals surface area contributed by atoms with Crippen LogP contribution < -0.4 is 4.74 Å². The van der Waals surface area contributed by atoms with Gasteiger partial charge in [0.15, 0.2) is 5.78 Å². The largest absolute Gasteiger partial charge is 0.439 e. The molecule has 0 unspecified atom stereocenters. The third kappa shape index (κ3) is 4.24. The molecule has 1 aromatic heterocycles. The Balaban J connectivity index is 2.12. The van der Waals surface area contributed by atoms with Crippen molar-refractivity contribution in [3.8, 4) is 11.6 Å². The summed E-state index contributed by atoms with van der Waals surface area (Å²) in [5, 5.41) is 0. The van der Waals surface area contributed by atoms with Crippen LogP contribution >= 0.6 is 11.8 Å². The van der Waals surface area contributed by atoms with Gasteiger partial charge in [-0.3, -0.25) is 4.79 Å². The molecule has 1 aromatic carbocycles. The fraction of sp³-hybridized carbons (Fsp3) is 0.125. The molecular weight excluding hydrogens is 270 g/mol. The number of rotatable bonds is 5. The van der Waals surface area contributed by atoms with E-state index in [0.29, 0.717) is 11.6 Å². The molecule has 0 radical (unpaired) electrons. The maximum Gasteiger partial charge on any atom is 0.219 e. The van der Waals surface area contributed by atoms with Gasteiger partial charge in [0, 0.05) is 11.0 Å². The van der Waals surface area contributed by atoms with Crippen LogP contribution in [0.25, 0.3) is 6.08 Å². The zero-order valence-corrected chi connectivity index (χ0v) is 12.2. The maximum atomic E-state index is 10.9. The molecule has 0 saturated carbocycles. The zero-order chi connectivity index (χ0) is 14.4. The summed E-state index contributed by atoms with van der Waals surface area (Å²) in [5.41, 5.74) is 0.693. The van der Waals surface area contributed by atoms with Crippen LogP contribution in [0.3, 0.4) is 0 Å². The highest BCUT2D eigenvalue weighted by Gasteiger charge is 2.00. The molecular formula is C16H15NO2S. The first-order valence-corrected chi connectivity index (χ1v) is 7.37. The van der Waals surface area contributed by atoms with Gasteiger partial charge in [0.25, 0.3) is 0 Å². The van der Waals surface area contributed by atoms with E-state index in [-0.39, 0.29) is 5.78 Å². The minimum Gasteiger partial charge on any atom is -0.439 e. The number of aromatic nitrogens is 1. The summed E-state index contributed by atoms with van der Waals surface area (Å²) in [4.78, 5) is 16.4. The summed E-state index contributed by atoms with van der Waals surface area (Å²) in [5.74, 6) is 1.24. The molecule has 3 nitrogen and oxygen atoms in total. The lowest BCUT2D eigenvalue weighted by atomic mass is 10.3. The average Bonchev–Trinajstić information content (AvgIpc) is 2.46. The van der Waals surface area contributed by atoms with E-state index in [2.05, 4.69) is 4.98 Å². The number of pyridine rings is 1. The number of nitrogens with zero attached hydrogens (tertiary/aromatic N) is 1. The molecule has 4 heteroatoms. The molecule has 0 fully saturated rings. The smallest absolute Gasteiger partial charge is 0.219 e. The van der Waals surface area contributed by atoms with E-state index in [1.54, 1.807) is 23.9 Å². The minimum absolute atomic E-state index is 0.00854. The van der Waals surface area contributed by atoms with Gasteiger partial charge in [-0.15, -0.1) is 11.8 Å². The first-order chi connectivity index (χ1) is 9.67. The lowest BCUT2D eigenvalue weighted by molar-refractivity contribution is -0.112. The number of thioether (sulfide) groups is 1. The Kier molecular flexibility index (Phi) is 4.96. The molecule has 0 aliphatic heterocycles. The van der Waals surface area contributed by atoms with Crippen LogP contribution in [0, 0.1) is 0 Å². The van der Waals surface area contributed by atoms with Crippen molar-refractivity contribution in [2.45, 2.75) is 11.8 Å². The molecule has 1 heterocycles. The van der Waals surface area contributed by atoms with Crippen LogP contribution in [0.2, 0.25) is 0 Å². The molecule has 0 saturated heterocycles. The van der Waals surface area contributed by atoms with Gasteiger partial charge in [-0.2, -0.15) is 0 Å². The predicted molar refractivity (Wildman–Crippen MR) is 82.2 cm³/mol. The second kappa shape index (κ2) is 6.91. The van der Waals surface area contributed by atoms with Gasteiger partial charge in [0.2, 0.25) is 5.88 Å². The third-order valence-electron chi connectivity index (χ3n) is 2.52. The summed E-state index contributed by atoms with van der Waals surface area (Å²) >= 11 is 1.68. The second-order valence-electron chi connectivity index (χ2n) is 4.12. The fourth-order valence-electron chi connectivity index (χ4n) is 1.55. The molecule has 0 N–H and O–H groups in total. The number of hydrogen-bond acceptors (Lipinski definition) is 4. The van der Waals surface area contributed by atoms with E-state index in [1.807, 2.05) is 42.7 Å². The maximum absolute atomic E-state index is 10.9. The highest BCUT2D eigenvalue weighted by Crippen LogP contribution is 2.23. The van der Waals surface area contributed by atoms with E-state index >= 15 is 0 Å². The van der Waals surface area contributed by atoms with Gasteiger partial charge in [-0.25, -0.2) is 4.98 Å². The lowest BCUT2D eigenvalue weighted by Gasteiger charge is -2.05. The predicted octanol–water partition coefficient (Wildman–Crippen LogP) is 4.20. The van der Waals surface area contributed by atoms with E-state index in [0.717, 1.165) is 5.75 Å². The number of carbonyl (C=O) groups is 1. The number of allylic oxidation sites excluding steroid dienone is 1. The Bertz CT molecular complexity index is 621. The highest BCUT2D eigenvalue weighted by molar-refractivity contribution is 7.98. The summed E-state index contributed by atoms with van der Waals surface area (Å²) in [6, 6.07) is 13.3. The van der Waals surface area contributed by atoms with E-state index in [1.165, 1.54) is 17.9 Å². The van der Waals surface area contributed by atoms with Crippen molar-refractivity contribution < 1.29 is 9.53 Å². The van der Waals surface area contributed by atoms with Crippen molar-refractivity contribution in [2.75, 3.05) is 6.26 Å². The van der Waals surface area contributed by atoms with E-state index in [9.17, 15) is 4.79 Å². The molecule has 0 amide bonds. The molecule has 2 aromatic rings. The fourth-order valence-corrected chi connectivity index (χ4v) is 1.96. The Hall–Kier alpha value is -2.07. The van der Waals surface area contributed by atoms with Gasteiger partial charge in [0.1, 0.15) is 5.75 Å². The molecule has 0 aliphatic rings. The SMILES string of the molecule is CSc1ccc(Oc2cccc(/C=C/C(C)=O)n2)cc1. The minimum atomic E-state index is -0.00854. The summed E-state index contributed by atoms with van der Waals surface area (Å²) in [7, 11) is 0. The van der Waals surface area contributed by atoms with Crippen LogP contribution in [0.5, 0.6) is 11.6 Å². The number of ketones is 1. The molecule has 0 spiro atoms. The van der Waals surface area contributed by atoms with Gasteiger partial charge in [-0.05, 0) is 55.7 Å².